The monoisotopic (exact) mass is 806 g/mol. The third-order valence-corrected chi connectivity index (χ3v) is 12.0. The summed E-state index contributed by atoms with van der Waals surface area (Å²) in [6, 6.07) is 7.53. The number of aliphatic hydroxyl groups is 1. The maximum atomic E-state index is 15.0. The van der Waals surface area contributed by atoms with Gasteiger partial charge in [-0.1, -0.05) is 31.5 Å². The number of thiophene rings is 1. The fourth-order valence-corrected chi connectivity index (χ4v) is 8.98. The number of piperidine rings is 1. The molecule has 1 saturated heterocycles. The number of nitrogens with one attached hydrogen (secondary N) is 1. The number of alkyl halides is 6. The molecule has 1 amide bonds. The molecular formula is C40H44F6N4O5S. The minimum absolute atomic E-state index is 0.00749. The highest BCUT2D eigenvalue weighted by Crippen LogP contribution is 2.48. The van der Waals surface area contributed by atoms with Crippen molar-refractivity contribution >= 4 is 23.0 Å². The zero-order valence-corrected chi connectivity index (χ0v) is 32.0. The van der Waals surface area contributed by atoms with Crippen LogP contribution in [0.15, 0.2) is 54.2 Å². The smallest absolute Gasteiger partial charge is 0.425 e. The number of para-hydroxylation sites is 1. The van der Waals surface area contributed by atoms with E-state index >= 15 is 4.79 Å². The van der Waals surface area contributed by atoms with Crippen LogP contribution in [0, 0.1) is 19.8 Å². The quantitative estimate of drug-likeness (QED) is 0.137. The molecule has 302 valence electrons. The summed E-state index contributed by atoms with van der Waals surface area (Å²) in [4.78, 5) is 33.2. The van der Waals surface area contributed by atoms with Gasteiger partial charge < -0.3 is 19.5 Å². The third kappa shape index (κ3) is 8.31. The predicted octanol–water partition coefficient (Wildman–Crippen LogP) is 9.01. The number of carbonyl (C=O) groups is 2. The van der Waals surface area contributed by atoms with Gasteiger partial charge in [-0.15, -0.1) is 11.3 Å². The van der Waals surface area contributed by atoms with Crippen molar-refractivity contribution in [1.82, 2.24) is 20.1 Å². The highest BCUT2D eigenvalue weighted by atomic mass is 32.1. The van der Waals surface area contributed by atoms with E-state index < -0.39 is 63.2 Å². The molecule has 56 heavy (non-hydrogen) atoms. The van der Waals surface area contributed by atoms with Gasteiger partial charge in [0.25, 0.3) is 5.91 Å². The molecule has 0 radical (unpaired) electrons. The highest BCUT2D eigenvalue weighted by molar-refractivity contribution is 7.10. The van der Waals surface area contributed by atoms with Crippen LogP contribution in [-0.4, -0.2) is 61.7 Å². The maximum absolute atomic E-state index is 15.0. The van der Waals surface area contributed by atoms with E-state index in [9.17, 15) is 36.2 Å². The fourth-order valence-electron chi connectivity index (χ4n) is 8.30. The van der Waals surface area contributed by atoms with E-state index in [1.807, 2.05) is 13.8 Å². The van der Waals surface area contributed by atoms with Crippen molar-refractivity contribution in [2.24, 2.45) is 5.92 Å². The van der Waals surface area contributed by atoms with E-state index in [2.05, 4.69) is 15.2 Å². The zero-order chi connectivity index (χ0) is 40.5. The lowest BCUT2D eigenvalue weighted by molar-refractivity contribution is -0.153. The van der Waals surface area contributed by atoms with Gasteiger partial charge in [-0.05, 0) is 76.5 Å². The molecule has 2 fully saturated rings. The summed E-state index contributed by atoms with van der Waals surface area (Å²) in [5, 5.41) is 20.4. The first kappa shape index (κ1) is 41.2. The van der Waals surface area contributed by atoms with Crippen LogP contribution in [0.25, 0.3) is 0 Å². The number of hydrogen-bond donors (Lipinski definition) is 2. The number of likely N-dealkylation sites (tertiary alicyclic amines) is 1. The van der Waals surface area contributed by atoms with E-state index in [0.717, 1.165) is 40.8 Å². The van der Waals surface area contributed by atoms with Gasteiger partial charge in [-0.2, -0.15) is 31.4 Å². The van der Waals surface area contributed by atoms with E-state index in [4.69, 9.17) is 9.47 Å². The summed E-state index contributed by atoms with van der Waals surface area (Å²) in [7, 11) is 0. The van der Waals surface area contributed by atoms with Gasteiger partial charge >= 0.3 is 12.4 Å². The molecular weight excluding hydrogens is 763 g/mol. The number of rotatable bonds is 12. The molecule has 2 atom stereocenters. The molecule has 16 heteroatoms. The maximum Gasteiger partial charge on any atom is 0.425 e. The number of H-pyrrole nitrogens is 1. The van der Waals surface area contributed by atoms with E-state index in [0.29, 0.717) is 48.2 Å². The number of ketones is 1. The van der Waals surface area contributed by atoms with Crippen LogP contribution in [-0.2, 0) is 29.2 Å². The molecule has 1 aliphatic carbocycles. The number of aromatic nitrogens is 3. The van der Waals surface area contributed by atoms with Crippen LogP contribution >= 0.6 is 11.3 Å². The van der Waals surface area contributed by atoms with Gasteiger partial charge in [0.2, 0.25) is 0 Å². The van der Waals surface area contributed by atoms with E-state index in [1.165, 1.54) is 4.90 Å². The first-order valence-electron chi connectivity index (χ1n) is 18.6. The second-order valence-electron chi connectivity index (χ2n) is 14.6. The number of nitrogens with zero attached hydrogens (tertiary/aromatic N) is 3. The van der Waals surface area contributed by atoms with Crippen molar-refractivity contribution in [3.63, 3.8) is 0 Å². The summed E-state index contributed by atoms with van der Waals surface area (Å²) in [5.74, 6) is -1.93. The Bertz CT molecular complexity index is 2000. The number of ether oxygens (including phenoxy) is 2. The number of benzene rings is 1. The molecule has 1 aromatic carbocycles. The molecule has 1 aliphatic heterocycles. The summed E-state index contributed by atoms with van der Waals surface area (Å²) >= 11 is 0.394. The SMILES string of the molecule is CCC[C@H]1N(C(=O)c2cnccc2C(F)(F)F)CCC[C@@]1(Oc1csc(C(F)(F)F)c1)C(=O)C1CCC(O)(c2ccccc2OCCc2c(C)n[nH]c2C)CC1. The highest BCUT2D eigenvalue weighted by Gasteiger charge is 2.56. The Kier molecular flexibility index (Phi) is 11.9. The molecule has 3 aromatic heterocycles. The fraction of sp³-hybridized carbons (Fsp3) is 0.500. The third-order valence-electron chi connectivity index (χ3n) is 11.1. The van der Waals surface area contributed by atoms with Crippen molar-refractivity contribution < 1.29 is 50.5 Å². The van der Waals surface area contributed by atoms with Crippen LogP contribution in [0.5, 0.6) is 11.5 Å². The molecule has 1 saturated carbocycles. The first-order valence-corrected chi connectivity index (χ1v) is 19.5. The minimum atomic E-state index is -4.88. The molecule has 4 heterocycles. The van der Waals surface area contributed by atoms with Crippen molar-refractivity contribution in [3.8, 4) is 11.5 Å². The molecule has 2 aliphatic rings. The molecule has 0 spiro atoms. The molecule has 6 rings (SSSR count). The topological polar surface area (TPSA) is 118 Å². The molecule has 2 N–H and O–H groups in total. The van der Waals surface area contributed by atoms with Crippen molar-refractivity contribution in [2.45, 2.75) is 108 Å². The van der Waals surface area contributed by atoms with Crippen LogP contribution in [0.2, 0.25) is 0 Å². The van der Waals surface area contributed by atoms with Crippen molar-refractivity contribution in [3.05, 3.63) is 92.7 Å². The van der Waals surface area contributed by atoms with Gasteiger partial charge in [0, 0.05) is 54.0 Å². The lowest BCUT2D eigenvalue weighted by atomic mass is 9.68. The van der Waals surface area contributed by atoms with Gasteiger partial charge in [-0.3, -0.25) is 19.7 Å². The van der Waals surface area contributed by atoms with Gasteiger partial charge in [0.1, 0.15) is 16.4 Å². The first-order chi connectivity index (χ1) is 26.5. The van der Waals surface area contributed by atoms with Crippen LogP contribution in [0.3, 0.4) is 0 Å². The number of pyridine rings is 1. The zero-order valence-electron chi connectivity index (χ0n) is 31.2. The predicted molar refractivity (Wildman–Crippen MR) is 195 cm³/mol. The largest absolute Gasteiger partial charge is 0.493 e. The van der Waals surface area contributed by atoms with E-state index in [-0.39, 0.29) is 57.2 Å². The van der Waals surface area contributed by atoms with Crippen molar-refractivity contribution in [2.75, 3.05) is 13.2 Å². The van der Waals surface area contributed by atoms with Gasteiger partial charge in [0.15, 0.2) is 11.4 Å². The Morgan fingerprint density at radius 2 is 1.79 bits per heavy atom. The van der Waals surface area contributed by atoms with Crippen LogP contribution in [0.4, 0.5) is 26.3 Å². The average Bonchev–Trinajstić information content (AvgIpc) is 3.77. The minimum Gasteiger partial charge on any atom is -0.493 e. The second kappa shape index (κ2) is 16.2. The van der Waals surface area contributed by atoms with Crippen LogP contribution < -0.4 is 9.47 Å². The average molecular weight is 807 g/mol. The lowest BCUT2D eigenvalue weighted by Crippen LogP contribution is -2.66. The normalized spacial score (nSPS) is 23.2. The Balaban J connectivity index is 1.29. The summed E-state index contributed by atoms with van der Waals surface area (Å²) in [6.07, 6.45) is -5.92. The number of aromatic amines is 1. The number of hydrogen-bond acceptors (Lipinski definition) is 8. The Labute approximate surface area is 324 Å². The number of amides is 1. The lowest BCUT2D eigenvalue weighted by Gasteiger charge is -2.50. The molecule has 0 unspecified atom stereocenters. The van der Waals surface area contributed by atoms with Crippen molar-refractivity contribution in [1.29, 1.82) is 0 Å². The molecule has 9 nitrogen and oxygen atoms in total. The Morgan fingerprint density at radius 1 is 1.05 bits per heavy atom. The molecule has 0 bridgehead atoms. The van der Waals surface area contributed by atoms with E-state index in [1.54, 1.807) is 31.2 Å². The Hall–Kier alpha value is -4.44. The summed E-state index contributed by atoms with van der Waals surface area (Å²) in [5.41, 5.74) is -1.73. The Morgan fingerprint density at radius 3 is 2.43 bits per heavy atom. The standard InChI is InChI=1S/C40H44F6N4O5S/c1-4-8-33-38(55-27-21-34(56-23-27)40(44,45)46,15-7-19-50(33)36(52)29-22-47-18-13-30(29)39(41,42)43)35(51)26-11-16-37(53,17-12-26)31-9-5-6-10-32(31)54-20-14-28-24(2)48-49-25(28)3/h5-6,9-10,13,18,21-23,26,33,53H,4,7-8,11-12,14-17,19-20H2,1-3H3,(H,48,49)/t26?,33-,37?,38+/m1/s1. The summed E-state index contributed by atoms with van der Waals surface area (Å²) < 4.78 is 96.0. The number of Topliss-reactive ketones (excluding diaryl/α,β-unsaturated/α-hetero) is 1. The second-order valence-corrected chi connectivity index (χ2v) is 15.6. The number of aryl methyl sites for hydroxylation is 2. The van der Waals surface area contributed by atoms with Crippen LogP contribution in [0.1, 0.15) is 102 Å². The van der Waals surface area contributed by atoms with Gasteiger partial charge in [0.05, 0.1) is 35.1 Å². The van der Waals surface area contributed by atoms with Gasteiger partial charge in [-0.25, -0.2) is 0 Å². The summed E-state index contributed by atoms with van der Waals surface area (Å²) in [6.45, 7) is 5.93. The number of halogens is 6. The number of carbonyl (C=O) groups excluding carboxylic acids is 2. The molecule has 4 aromatic rings.